The van der Waals surface area contributed by atoms with Gasteiger partial charge in [-0.15, -0.1) is 0 Å². The summed E-state index contributed by atoms with van der Waals surface area (Å²) in [5.41, 5.74) is 6.30. The third-order valence-corrected chi connectivity index (χ3v) is 5.56. The molecule has 1 aromatic heterocycles. The maximum Gasteiger partial charge on any atom is 0.325 e. The van der Waals surface area contributed by atoms with Crippen LogP contribution in [0.2, 0.25) is 0 Å². The van der Waals surface area contributed by atoms with E-state index in [1.807, 2.05) is 0 Å². The minimum atomic E-state index is -0.888. The van der Waals surface area contributed by atoms with E-state index < -0.39 is 23.6 Å². The zero-order valence-electron chi connectivity index (χ0n) is 21.0. The number of methoxy groups -OCH3 is 1. The standard InChI is InChI=1S/C28H26F2N4O5/c1-37-25-15-19-22(16-26(25)38-12-4-10-31)32-11-9-23(19)39-24-8-7-18(14-21(24)30)33-28(36)34-27(35)13-17-5-2-3-6-20(17)29/h2-3,5-9,11,14-16H,4,10,12-13,31H2,1H3,(H2,33,34,35,36). The number of carbonyl (C=O) groups is 2. The summed E-state index contributed by atoms with van der Waals surface area (Å²) >= 11 is 0. The number of anilines is 1. The van der Waals surface area contributed by atoms with Gasteiger partial charge in [0.2, 0.25) is 5.91 Å². The molecule has 0 radical (unpaired) electrons. The normalized spacial score (nSPS) is 10.7. The molecular weight excluding hydrogens is 510 g/mol. The molecule has 0 spiro atoms. The Morgan fingerprint density at radius 2 is 1.77 bits per heavy atom. The Hall–Kier alpha value is -4.77. The highest BCUT2D eigenvalue weighted by Gasteiger charge is 2.15. The van der Waals surface area contributed by atoms with Crippen LogP contribution in [0.15, 0.2) is 66.9 Å². The fourth-order valence-corrected chi connectivity index (χ4v) is 3.68. The number of carbonyl (C=O) groups excluding carboxylic acids is 2. The van der Waals surface area contributed by atoms with Crippen LogP contribution in [-0.2, 0) is 11.2 Å². The lowest BCUT2D eigenvalue weighted by Crippen LogP contribution is -2.35. The number of nitrogens with two attached hydrogens (primary N) is 1. The number of nitrogens with one attached hydrogen (secondary N) is 2. The number of amides is 3. The van der Waals surface area contributed by atoms with E-state index in [2.05, 4.69) is 15.6 Å². The molecular formula is C28H26F2N4O5. The summed E-state index contributed by atoms with van der Waals surface area (Å²) in [5.74, 6) is -0.866. The van der Waals surface area contributed by atoms with Gasteiger partial charge in [-0.1, -0.05) is 18.2 Å². The smallest absolute Gasteiger partial charge is 0.325 e. The van der Waals surface area contributed by atoms with Crippen LogP contribution < -0.4 is 30.6 Å². The second-order valence-corrected chi connectivity index (χ2v) is 8.34. The third kappa shape index (κ3) is 6.96. The first-order valence-electron chi connectivity index (χ1n) is 12.0. The first-order chi connectivity index (χ1) is 18.9. The van der Waals surface area contributed by atoms with Crippen LogP contribution in [0, 0.1) is 11.6 Å². The van der Waals surface area contributed by atoms with Gasteiger partial charge in [0.15, 0.2) is 23.1 Å². The third-order valence-electron chi connectivity index (χ3n) is 5.56. The fourth-order valence-electron chi connectivity index (χ4n) is 3.68. The van der Waals surface area contributed by atoms with Crippen molar-refractivity contribution in [3.63, 3.8) is 0 Å². The number of ether oxygens (including phenoxy) is 3. The Morgan fingerprint density at radius 3 is 2.51 bits per heavy atom. The van der Waals surface area contributed by atoms with E-state index in [4.69, 9.17) is 19.9 Å². The Balaban J connectivity index is 1.44. The molecule has 0 saturated heterocycles. The van der Waals surface area contributed by atoms with E-state index in [1.54, 1.807) is 24.3 Å². The number of urea groups is 1. The number of aromatic nitrogens is 1. The average Bonchev–Trinajstić information content (AvgIpc) is 2.91. The van der Waals surface area contributed by atoms with E-state index in [1.165, 1.54) is 43.6 Å². The molecule has 9 nitrogen and oxygen atoms in total. The van der Waals surface area contributed by atoms with Gasteiger partial charge in [0.05, 0.1) is 25.7 Å². The van der Waals surface area contributed by atoms with Crippen molar-refractivity contribution in [3.05, 3.63) is 84.1 Å². The number of fused-ring (bicyclic) bond motifs is 1. The summed E-state index contributed by atoms with van der Waals surface area (Å²) in [6.45, 7) is 0.905. The molecule has 0 bridgehead atoms. The van der Waals surface area contributed by atoms with Gasteiger partial charge in [0.25, 0.3) is 0 Å². The number of hydrogen-bond acceptors (Lipinski definition) is 7. The van der Waals surface area contributed by atoms with E-state index in [-0.39, 0.29) is 23.4 Å². The van der Waals surface area contributed by atoms with Gasteiger partial charge in [0, 0.05) is 29.4 Å². The summed E-state index contributed by atoms with van der Waals surface area (Å²) in [6.07, 6.45) is 1.87. The number of imide groups is 1. The summed E-state index contributed by atoms with van der Waals surface area (Å²) in [4.78, 5) is 28.6. The van der Waals surface area contributed by atoms with Gasteiger partial charge in [-0.25, -0.2) is 13.6 Å². The van der Waals surface area contributed by atoms with Crippen molar-refractivity contribution >= 4 is 28.5 Å². The number of rotatable bonds is 10. The Kier molecular flexibility index (Phi) is 8.85. The van der Waals surface area contributed by atoms with Crippen LogP contribution in [-0.4, -0.2) is 37.2 Å². The monoisotopic (exact) mass is 536 g/mol. The number of hydrogen-bond donors (Lipinski definition) is 3. The van der Waals surface area contributed by atoms with Crippen LogP contribution in [0.25, 0.3) is 10.9 Å². The first-order valence-corrected chi connectivity index (χ1v) is 12.0. The maximum atomic E-state index is 14.9. The van der Waals surface area contributed by atoms with E-state index in [0.717, 1.165) is 6.07 Å². The Bertz CT molecular complexity index is 1500. The summed E-state index contributed by atoms with van der Waals surface area (Å²) in [5, 5.41) is 5.02. The van der Waals surface area contributed by atoms with Crippen molar-refractivity contribution < 1.29 is 32.6 Å². The van der Waals surface area contributed by atoms with Gasteiger partial charge in [-0.2, -0.15) is 0 Å². The topological polar surface area (TPSA) is 125 Å². The van der Waals surface area contributed by atoms with Crippen molar-refractivity contribution in [1.29, 1.82) is 0 Å². The maximum absolute atomic E-state index is 14.9. The molecule has 0 saturated carbocycles. The van der Waals surface area contributed by atoms with Crippen LogP contribution >= 0.6 is 0 Å². The van der Waals surface area contributed by atoms with Crippen molar-refractivity contribution in [1.82, 2.24) is 10.3 Å². The summed E-state index contributed by atoms with van der Waals surface area (Å²) < 4.78 is 45.6. The molecule has 4 N–H and O–H groups in total. The quantitative estimate of drug-likeness (QED) is 0.245. The predicted molar refractivity (Wildman–Crippen MR) is 141 cm³/mol. The molecule has 0 fully saturated rings. The van der Waals surface area contributed by atoms with Gasteiger partial charge in [-0.3, -0.25) is 15.1 Å². The van der Waals surface area contributed by atoms with Crippen LogP contribution in [0.5, 0.6) is 23.0 Å². The Labute approximate surface area is 222 Å². The molecule has 0 aliphatic carbocycles. The minimum Gasteiger partial charge on any atom is -0.493 e. The summed E-state index contributed by atoms with van der Waals surface area (Å²) in [7, 11) is 1.50. The Morgan fingerprint density at radius 1 is 0.949 bits per heavy atom. The van der Waals surface area contributed by atoms with Crippen LogP contribution in [0.1, 0.15) is 12.0 Å². The van der Waals surface area contributed by atoms with E-state index in [0.29, 0.717) is 47.7 Å². The van der Waals surface area contributed by atoms with E-state index >= 15 is 0 Å². The average molecular weight is 537 g/mol. The minimum absolute atomic E-state index is 0.0802. The summed E-state index contributed by atoms with van der Waals surface area (Å²) in [6, 6.07) is 13.6. The van der Waals surface area contributed by atoms with Gasteiger partial charge in [0.1, 0.15) is 11.6 Å². The molecule has 11 heteroatoms. The molecule has 3 aromatic carbocycles. The molecule has 0 atom stereocenters. The van der Waals surface area contributed by atoms with Gasteiger partial charge < -0.3 is 25.3 Å². The molecule has 0 aliphatic heterocycles. The number of pyridine rings is 1. The highest BCUT2D eigenvalue weighted by molar-refractivity contribution is 6.01. The molecule has 0 unspecified atom stereocenters. The second-order valence-electron chi connectivity index (χ2n) is 8.34. The van der Waals surface area contributed by atoms with E-state index in [9.17, 15) is 18.4 Å². The highest BCUT2D eigenvalue weighted by atomic mass is 19.1. The van der Waals surface area contributed by atoms with Crippen LogP contribution in [0.4, 0.5) is 19.3 Å². The second kappa shape index (κ2) is 12.7. The first kappa shape index (κ1) is 27.3. The van der Waals surface area contributed by atoms with Gasteiger partial charge >= 0.3 is 6.03 Å². The largest absolute Gasteiger partial charge is 0.493 e. The molecule has 4 aromatic rings. The van der Waals surface area contributed by atoms with Crippen molar-refractivity contribution in [2.75, 3.05) is 25.6 Å². The van der Waals surface area contributed by atoms with Crippen molar-refractivity contribution in [2.24, 2.45) is 5.73 Å². The number of nitrogens with zero attached hydrogens (tertiary/aromatic N) is 1. The lowest BCUT2D eigenvalue weighted by molar-refractivity contribution is -0.119. The van der Waals surface area contributed by atoms with Crippen LogP contribution in [0.3, 0.4) is 0 Å². The molecule has 3 amide bonds. The predicted octanol–water partition coefficient (Wildman–Crippen LogP) is 4.93. The highest BCUT2D eigenvalue weighted by Crippen LogP contribution is 2.37. The zero-order chi connectivity index (χ0) is 27.8. The zero-order valence-corrected chi connectivity index (χ0v) is 21.0. The molecule has 4 rings (SSSR count). The van der Waals surface area contributed by atoms with Crippen molar-refractivity contribution in [3.8, 4) is 23.0 Å². The lowest BCUT2D eigenvalue weighted by atomic mass is 10.1. The molecule has 1 heterocycles. The SMILES string of the molecule is COc1cc2c(Oc3ccc(NC(=O)NC(=O)Cc4ccccc4F)cc3F)ccnc2cc1OCCCN. The van der Waals surface area contributed by atoms with Crippen molar-refractivity contribution in [2.45, 2.75) is 12.8 Å². The number of benzene rings is 3. The molecule has 202 valence electrons. The molecule has 0 aliphatic rings. The number of halogens is 2. The van der Waals surface area contributed by atoms with Gasteiger partial charge in [-0.05, 0) is 48.9 Å². The molecule has 39 heavy (non-hydrogen) atoms. The fraction of sp³-hybridized carbons (Fsp3) is 0.179. The lowest BCUT2D eigenvalue weighted by Gasteiger charge is -2.14.